The fourth-order valence-corrected chi connectivity index (χ4v) is 3.92. The smallest absolute Gasteiger partial charge is 0.411 e. The number of benzene rings is 1. The standard InChI is InChI=1S/C20H24N2O6/c1-20(2,3)28-19(25)21-14-5-4-6-15(21)10-13(9-14)16-8-7-12(18(23)24)11-17(16)22(26)27/h7-9,11,14-15H,4-6,10H2,1-3H3,(H,23,24). The quantitative estimate of drug-likeness (QED) is 0.613. The number of piperidine rings is 1. The number of hydrogen-bond donors (Lipinski definition) is 1. The van der Waals surface area contributed by atoms with Gasteiger partial charge in [-0.1, -0.05) is 6.08 Å². The molecule has 0 aliphatic carbocycles. The van der Waals surface area contributed by atoms with Gasteiger partial charge in [0.15, 0.2) is 0 Å². The van der Waals surface area contributed by atoms with E-state index in [2.05, 4.69) is 0 Å². The first-order valence-electron chi connectivity index (χ1n) is 9.31. The number of carboxylic acids is 1. The first-order chi connectivity index (χ1) is 13.1. The molecule has 0 aromatic heterocycles. The fraction of sp³-hybridized carbons (Fsp3) is 0.500. The Hall–Kier alpha value is -2.90. The van der Waals surface area contributed by atoms with Gasteiger partial charge in [0.1, 0.15) is 5.60 Å². The molecule has 2 aliphatic heterocycles. The third-order valence-corrected chi connectivity index (χ3v) is 5.03. The Labute approximate surface area is 162 Å². The highest BCUT2D eigenvalue weighted by Crippen LogP contribution is 2.40. The van der Waals surface area contributed by atoms with E-state index in [0.29, 0.717) is 12.0 Å². The Morgan fingerprint density at radius 2 is 2.00 bits per heavy atom. The lowest BCUT2D eigenvalue weighted by atomic mass is 9.82. The highest BCUT2D eigenvalue weighted by atomic mass is 16.6. The van der Waals surface area contributed by atoms with Crippen molar-refractivity contribution in [3.63, 3.8) is 0 Å². The van der Waals surface area contributed by atoms with Crippen LogP contribution in [0.1, 0.15) is 62.4 Å². The summed E-state index contributed by atoms with van der Waals surface area (Å²) in [6, 6.07) is 3.69. The summed E-state index contributed by atoms with van der Waals surface area (Å²) in [5.41, 5.74) is 0.243. The monoisotopic (exact) mass is 388 g/mol. The summed E-state index contributed by atoms with van der Waals surface area (Å²) in [6.45, 7) is 5.46. The van der Waals surface area contributed by atoms with Crippen molar-refractivity contribution in [3.8, 4) is 0 Å². The Balaban J connectivity index is 1.96. The topological polar surface area (TPSA) is 110 Å². The van der Waals surface area contributed by atoms with Crippen LogP contribution >= 0.6 is 0 Å². The van der Waals surface area contributed by atoms with Crippen LogP contribution in [0.4, 0.5) is 10.5 Å². The number of amides is 1. The summed E-state index contributed by atoms with van der Waals surface area (Å²) in [7, 11) is 0. The maximum atomic E-state index is 12.7. The molecule has 2 bridgehead atoms. The predicted molar refractivity (Wildman–Crippen MR) is 102 cm³/mol. The first-order valence-corrected chi connectivity index (χ1v) is 9.31. The van der Waals surface area contributed by atoms with Gasteiger partial charge in [0.25, 0.3) is 5.69 Å². The Morgan fingerprint density at radius 1 is 1.29 bits per heavy atom. The second-order valence-corrected chi connectivity index (χ2v) is 8.23. The number of carbonyl (C=O) groups excluding carboxylic acids is 1. The van der Waals surface area contributed by atoms with Gasteiger partial charge in [-0.3, -0.25) is 15.0 Å². The number of hydrogen-bond acceptors (Lipinski definition) is 5. The fourth-order valence-electron chi connectivity index (χ4n) is 3.92. The number of rotatable bonds is 3. The first kappa shape index (κ1) is 19.9. The van der Waals surface area contributed by atoms with Gasteiger partial charge in [0.05, 0.1) is 22.1 Å². The number of carbonyl (C=O) groups is 2. The normalized spacial score (nSPS) is 21.7. The number of aromatic carboxylic acids is 1. The van der Waals surface area contributed by atoms with Crippen molar-refractivity contribution in [2.45, 2.75) is 64.1 Å². The van der Waals surface area contributed by atoms with E-state index in [1.807, 2.05) is 26.8 Å². The van der Waals surface area contributed by atoms with Crippen molar-refractivity contribution in [2.75, 3.05) is 0 Å². The maximum absolute atomic E-state index is 12.7. The summed E-state index contributed by atoms with van der Waals surface area (Å²) in [5.74, 6) is -1.21. The third-order valence-electron chi connectivity index (χ3n) is 5.03. The minimum Gasteiger partial charge on any atom is -0.478 e. The van der Waals surface area contributed by atoms with E-state index in [9.17, 15) is 19.7 Å². The van der Waals surface area contributed by atoms with Gasteiger partial charge in [-0.25, -0.2) is 9.59 Å². The predicted octanol–water partition coefficient (Wildman–Crippen LogP) is 4.24. The summed E-state index contributed by atoms with van der Waals surface area (Å²) in [4.78, 5) is 36.5. The van der Waals surface area contributed by atoms with Crippen LogP contribution in [-0.4, -0.2) is 44.7 Å². The van der Waals surface area contributed by atoms with E-state index < -0.39 is 16.5 Å². The number of nitro groups is 1. The van der Waals surface area contributed by atoms with Gasteiger partial charge < -0.3 is 9.84 Å². The number of nitro benzene ring substituents is 1. The van der Waals surface area contributed by atoms with Crippen molar-refractivity contribution >= 4 is 23.3 Å². The van der Waals surface area contributed by atoms with Crippen LogP contribution in [0.25, 0.3) is 5.57 Å². The molecule has 1 amide bonds. The Bertz CT molecular complexity index is 855. The zero-order valence-corrected chi connectivity index (χ0v) is 16.2. The molecule has 1 fully saturated rings. The second kappa shape index (κ2) is 7.26. The zero-order chi connectivity index (χ0) is 20.6. The lowest BCUT2D eigenvalue weighted by molar-refractivity contribution is -0.385. The molecule has 1 saturated heterocycles. The Morgan fingerprint density at radius 3 is 2.57 bits per heavy atom. The van der Waals surface area contributed by atoms with Gasteiger partial charge >= 0.3 is 12.1 Å². The van der Waals surface area contributed by atoms with E-state index >= 15 is 0 Å². The number of fused-ring (bicyclic) bond motifs is 2. The van der Waals surface area contributed by atoms with Gasteiger partial charge in [-0.15, -0.1) is 0 Å². The van der Waals surface area contributed by atoms with Crippen molar-refractivity contribution in [1.82, 2.24) is 4.90 Å². The van der Waals surface area contributed by atoms with Crippen LogP contribution in [0, 0.1) is 10.1 Å². The molecule has 2 atom stereocenters. The van der Waals surface area contributed by atoms with Crippen molar-refractivity contribution in [3.05, 3.63) is 45.5 Å². The van der Waals surface area contributed by atoms with E-state index in [1.54, 1.807) is 4.90 Å². The van der Waals surface area contributed by atoms with Crippen molar-refractivity contribution in [2.24, 2.45) is 0 Å². The second-order valence-electron chi connectivity index (χ2n) is 8.23. The van der Waals surface area contributed by atoms with Gasteiger partial charge in [-0.05, 0) is 64.2 Å². The molecule has 3 rings (SSSR count). The van der Waals surface area contributed by atoms with Crippen LogP contribution in [0.3, 0.4) is 0 Å². The van der Waals surface area contributed by atoms with Crippen LogP contribution in [-0.2, 0) is 4.74 Å². The average molecular weight is 388 g/mol. The molecular formula is C20H24N2O6. The summed E-state index contributed by atoms with van der Waals surface area (Å²) in [6.07, 6.45) is 4.53. The maximum Gasteiger partial charge on any atom is 0.411 e. The van der Waals surface area contributed by atoms with E-state index in [0.717, 1.165) is 30.9 Å². The average Bonchev–Trinajstić information content (AvgIpc) is 2.58. The van der Waals surface area contributed by atoms with Crippen molar-refractivity contribution in [1.29, 1.82) is 0 Å². The minimum absolute atomic E-state index is 0.0904. The van der Waals surface area contributed by atoms with E-state index in [4.69, 9.17) is 9.84 Å². The number of carboxylic acid groups (broad SMARTS) is 1. The van der Waals surface area contributed by atoms with Crippen LogP contribution in [0.5, 0.6) is 0 Å². The molecule has 2 aliphatic rings. The van der Waals surface area contributed by atoms with E-state index in [1.165, 1.54) is 12.1 Å². The molecule has 2 heterocycles. The molecule has 8 nitrogen and oxygen atoms in total. The third kappa shape index (κ3) is 4.00. The van der Waals surface area contributed by atoms with Crippen molar-refractivity contribution < 1.29 is 24.4 Å². The van der Waals surface area contributed by atoms with Gasteiger partial charge in [0.2, 0.25) is 0 Å². The Kier molecular flexibility index (Phi) is 5.14. The lowest BCUT2D eigenvalue weighted by Crippen LogP contribution is -2.53. The van der Waals surface area contributed by atoms with Crippen LogP contribution in [0.2, 0.25) is 0 Å². The zero-order valence-electron chi connectivity index (χ0n) is 16.2. The van der Waals surface area contributed by atoms with Gasteiger partial charge in [-0.2, -0.15) is 0 Å². The van der Waals surface area contributed by atoms with Crippen LogP contribution in [0.15, 0.2) is 24.3 Å². The molecule has 28 heavy (non-hydrogen) atoms. The molecule has 1 aromatic rings. The molecule has 1 aromatic carbocycles. The van der Waals surface area contributed by atoms with Crippen LogP contribution < -0.4 is 0 Å². The molecule has 0 radical (unpaired) electrons. The summed E-state index contributed by atoms with van der Waals surface area (Å²) >= 11 is 0. The minimum atomic E-state index is -1.21. The van der Waals surface area contributed by atoms with E-state index in [-0.39, 0.29) is 29.4 Å². The molecule has 150 valence electrons. The number of ether oxygens (including phenoxy) is 1. The molecule has 8 heteroatoms. The SMILES string of the molecule is CC(C)(C)OC(=O)N1C2C=C(c3ccc(C(=O)O)cc3[N+](=O)[O-])CC1CCC2. The summed E-state index contributed by atoms with van der Waals surface area (Å²) in [5, 5.41) is 20.6. The summed E-state index contributed by atoms with van der Waals surface area (Å²) < 4.78 is 5.54. The molecule has 0 spiro atoms. The highest BCUT2D eigenvalue weighted by Gasteiger charge is 2.40. The largest absolute Gasteiger partial charge is 0.478 e. The lowest BCUT2D eigenvalue weighted by Gasteiger charge is -2.45. The molecule has 0 saturated carbocycles. The molecule has 2 unspecified atom stereocenters. The molecule has 1 N–H and O–H groups in total. The number of nitrogens with zero attached hydrogens (tertiary/aromatic N) is 2. The highest BCUT2D eigenvalue weighted by molar-refractivity contribution is 5.90. The van der Waals surface area contributed by atoms with Gasteiger partial charge in [0, 0.05) is 12.1 Å². The molecular weight excluding hydrogens is 364 g/mol.